The molecule has 7 heteroatoms. The largest absolute Gasteiger partial charge is 0.507 e. The number of allylic oxidation sites excluding steroid dienone is 2. The number of ether oxygens (including phenoxy) is 2. The molecule has 0 saturated heterocycles. The Balaban J connectivity index is 1.65. The monoisotopic (exact) mass is 512 g/mol. The maximum absolute atomic E-state index is 13.6. The number of anilines is 1. The number of para-hydroxylation sites is 1. The molecule has 0 amide bonds. The van der Waals surface area contributed by atoms with Gasteiger partial charge in [0.05, 0.1) is 10.7 Å². The number of nitrogens with one attached hydrogen (secondary N) is 1. The molecule has 1 aliphatic carbocycles. The fourth-order valence-electron chi connectivity index (χ4n) is 5.38. The minimum atomic E-state index is -0.648. The molecular formula is C30H25ClN2O4. The lowest BCUT2D eigenvalue weighted by Crippen LogP contribution is -2.42. The number of nitrogens with zero attached hydrogens (tertiary/aromatic N) is 1. The Morgan fingerprint density at radius 1 is 1.03 bits per heavy atom. The number of hydrogen-bond donors (Lipinski definition) is 2. The van der Waals surface area contributed by atoms with Crippen molar-refractivity contribution in [3.63, 3.8) is 0 Å². The van der Waals surface area contributed by atoms with Crippen molar-refractivity contribution in [1.82, 2.24) is 0 Å². The van der Waals surface area contributed by atoms with E-state index < -0.39 is 5.92 Å². The van der Waals surface area contributed by atoms with Crippen molar-refractivity contribution in [2.45, 2.75) is 32.1 Å². The van der Waals surface area contributed by atoms with Gasteiger partial charge in [-0.05, 0) is 49.6 Å². The van der Waals surface area contributed by atoms with E-state index in [0.29, 0.717) is 58.2 Å². The zero-order valence-electron chi connectivity index (χ0n) is 20.3. The quantitative estimate of drug-likeness (QED) is 0.371. The van der Waals surface area contributed by atoms with Crippen LogP contribution in [0, 0.1) is 12.3 Å². The Labute approximate surface area is 219 Å². The minimum Gasteiger partial charge on any atom is -0.507 e. The van der Waals surface area contributed by atoms with Gasteiger partial charge in [0.2, 0.25) is 6.79 Å². The first-order chi connectivity index (χ1) is 17.9. The fraction of sp³-hybridized carbons (Fsp3) is 0.200. The van der Waals surface area contributed by atoms with Crippen LogP contribution in [0.3, 0.4) is 0 Å². The molecule has 37 heavy (non-hydrogen) atoms. The van der Waals surface area contributed by atoms with Crippen LogP contribution >= 0.6 is 11.6 Å². The van der Waals surface area contributed by atoms with Crippen molar-refractivity contribution in [3.05, 3.63) is 105 Å². The van der Waals surface area contributed by atoms with E-state index in [0.717, 1.165) is 16.8 Å². The van der Waals surface area contributed by atoms with Crippen LogP contribution in [-0.4, -0.2) is 23.5 Å². The third-order valence-electron chi connectivity index (χ3n) is 7.16. The first-order valence-corrected chi connectivity index (χ1v) is 12.6. The number of halogens is 1. The predicted octanol–water partition coefficient (Wildman–Crippen LogP) is 6.93. The molecule has 6 rings (SSSR count). The van der Waals surface area contributed by atoms with Crippen LogP contribution in [0.15, 0.2) is 83.6 Å². The molecule has 0 aromatic heterocycles. The van der Waals surface area contributed by atoms with Crippen molar-refractivity contribution in [1.29, 1.82) is 5.41 Å². The number of aliphatic hydroxyl groups is 1. The number of rotatable bonds is 3. The van der Waals surface area contributed by atoms with Gasteiger partial charge in [-0.2, -0.15) is 0 Å². The zero-order valence-corrected chi connectivity index (χ0v) is 21.0. The van der Waals surface area contributed by atoms with Crippen LogP contribution in [0.2, 0.25) is 5.02 Å². The minimum absolute atomic E-state index is 0.00248. The molecule has 1 unspecified atom stereocenters. The van der Waals surface area contributed by atoms with Gasteiger partial charge < -0.3 is 14.6 Å². The van der Waals surface area contributed by atoms with E-state index in [2.05, 4.69) is 0 Å². The average Bonchev–Trinajstić information content (AvgIpc) is 3.37. The molecule has 0 bridgehead atoms. The van der Waals surface area contributed by atoms with Crippen LogP contribution in [-0.2, 0) is 4.79 Å². The van der Waals surface area contributed by atoms with Crippen molar-refractivity contribution in [2.75, 3.05) is 11.7 Å². The molecule has 0 radical (unpaired) electrons. The van der Waals surface area contributed by atoms with E-state index in [9.17, 15) is 15.3 Å². The molecule has 186 valence electrons. The van der Waals surface area contributed by atoms with E-state index in [1.807, 2.05) is 67.6 Å². The summed E-state index contributed by atoms with van der Waals surface area (Å²) < 4.78 is 11.1. The van der Waals surface area contributed by atoms with E-state index in [4.69, 9.17) is 21.1 Å². The Hall–Kier alpha value is -4.03. The molecular weight excluding hydrogens is 488 g/mol. The van der Waals surface area contributed by atoms with Gasteiger partial charge in [0.25, 0.3) is 0 Å². The number of aryl methyl sites for hydroxylation is 1. The van der Waals surface area contributed by atoms with Gasteiger partial charge in [-0.25, -0.2) is 0 Å². The molecule has 3 aromatic carbocycles. The zero-order chi connectivity index (χ0) is 25.7. The highest BCUT2D eigenvalue weighted by Gasteiger charge is 2.44. The van der Waals surface area contributed by atoms with E-state index >= 15 is 0 Å². The smallest absolute Gasteiger partial charge is 0.231 e. The standard InChI is InChI=1S/C30H25ClN2O4/c1-17-9-11-18(12-10-17)29(35)28-26(19-13-14-24-25(15-19)37-16-36-24)27-22(7-4-8-23(27)34)33(30(28)32)21-6-3-2-5-20(21)31/h2-3,5-6,9-15,26,32,35H,4,7-8,16H2,1H3. The lowest BCUT2D eigenvalue weighted by atomic mass is 9.73. The molecule has 3 aliphatic rings. The van der Waals surface area contributed by atoms with Gasteiger partial charge in [0.1, 0.15) is 11.6 Å². The third kappa shape index (κ3) is 3.89. The summed E-state index contributed by atoms with van der Waals surface area (Å²) in [5, 5.41) is 21.6. The third-order valence-corrected chi connectivity index (χ3v) is 7.48. The summed E-state index contributed by atoms with van der Waals surface area (Å²) in [6.45, 7) is 2.10. The molecule has 0 saturated carbocycles. The molecule has 0 spiro atoms. The number of amidine groups is 1. The van der Waals surface area contributed by atoms with Crippen LogP contribution in [0.5, 0.6) is 11.5 Å². The van der Waals surface area contributed by atoms with Gasteiger partial charge >= 0.3 is 0 Å². The second-order valence-electron chi connectivity index (χ2n) is 9.45. The summed E-state index contributed by atoms with van der Waals surface area (Å²) in [6, 6.07) is 20.3. The molecule has 3 aromatic rings. The van der Waals surface area contributed by atoms with E-state index in [1.54, 1.807) is 11.0 Å². The summed E-state index contributed by atoms with van der Waals surface area (Å²) in [5.41, 5.74) is 4.66. The van der Waals surface area contributed by atoms with Crippen LogP contribution in [0.4, 0.5) is 5.69 Å². The molecule has 2 heterocycles. The van der Waals surface area contributed by atoms with Gasteiger partial charge in [0.15, 0.2) is 17.3 Å². The summed E-state index contributed by atoms with van der Waals surface area (Å²) in [4.78, 5) is 15.3. The first-order valence-electron chi connectivity index (χ1n) is 12.2. The predicted molar refractivity (Wildman–Crippen MR) is 144 cm³/mol. The number of ketones is 1. The lowest BCUT2D eigenvalue weighted by Gasteiger charge is -2.42. The molecule has 2 aliphatic heterocycles. The first kappa shape index (κ1) is 23.4. The highest BCUT2D eigenvalue weighted by Crippen LogP contribution is 2.50. The highest BCUT2D eigenvalue weighted by molar-refractivity contribution is 6.34. The number of hydrogen-bond acceptors (Lipinski definition) is 5. The SMILES string of the molecule is Cc1ccc(C(O)=C2C(=N)N(c3ccccc3Cl)C3=C(C(=O)CCC3)C2c2ccc3c(c2)OCO3)cc1. The average molecular weight is 513 g/mol. The number of benzene rings is 3. The van der Waals surface area contributed by atoms with Crippen molar-refractivity contribution in [3.8, 4) is 11.5 Å². The van der Waals surface area contributed by atoms with Crippen molar-refractivity contribution < 1.29 is 19.4 Å². The maximum atomic E-state index is 13.6. The Kier molecular flexibility index (Phi) is 5.76. The van der Waals surface area contributed by atoms with Gasteiger partial charge in [0, 0.05) is 34.7 Å². The number of fused-ring (bicyclic) bond motifs is 1. The number of carbonyl (C=O) groups is 1. The van der Waals surface area contributed by atoms with Crippen LogP contribution in [0.1, 0.15) is 41.9 Å². The molecule has 1 atom stereocenters. The molecule has 2 N–H and O–H groups in total. The summed E-state index contributed by atoms with van der Waals surface area (Å²) in [6.07, 6.45) is 1.71. The normalized spacial score (nSPS) is 20.3. The van der Waals surface area contributed by atoms with Gasteiger partial charge in [-0.1, -0.05) is 59.6 Å². The topological polar surface area (TPSA) is 82.9 Å². The van der Waals surface area contributed by atoms with Crippen molar-refractivity contribution >= 4 is 34.7 Å². The Bertz CT molecular complexity index is 1510. The second kappa shape index (κ2) is 9.12. The summed E-state index contributed by atoms with van der Waals surface area (Å²) in [7, 11) is 0. The Morgan fingerprint density at radius 3 is 2.57 bits per heavy atom. The van der Waals surface area contributed by atoms with E-state index in [1.165, 1.54) is 0 Å². The number of carbonyl (C=O) groups excluding carboxylic acids is 1. The number of aliphatic hydroxyl groups excluding tert-OH is 1. The fourth-order valence-corrected chi connectivity index (χ4v) is 5.60. The van der Waals surface area contributed by atoms with Crippen LogP contribution < -0.4 is 14.4 Å². The van der Waals surface area contributed by atoms with Gasteiger partial charge in [-0.3, -0.25) is 15.1 Å². The molecule has 6 nitrogen and oxygen atoms in total. The summed E-state index contributed by atoms with van der Waals surface area (Å²) in [5.74, 6) is 0.603. The highest BCUT2D eigenvalue weighted by atomic mass is 35.5. The number of Topliss-reactive ketones (excluding diaryl/α,β-unsaturated/α-hetero) is 1. The second-order valence-corrected chi connectivity index (χ2v) is 9.85. The van der Waals surface area contributed by atoms with Crippen molar-refractivity contribution in [2.24, 2.45) is 0 Å². The van der Waals surface area contributed by atoms with E-state index in [-0.39, 0.29) is 24.2 Å². The van der Waals surface area contributed by atoms with Gasteiger partial charge in [-0.15, -0.1) is 0 Å². The Morgan fingerprint density at radius 2 is 1.78 bits per heavy atom. The lowest BCUT2D eigenvalue weighted by molar-refractivity contribution is -0.116. The van der Waals surface area contributed by atoms with Crippen LogP contribution in [0.25, 0.3) is 5.76 Å². The molecule has 0 fully saturated rings. The maximum Gasteiger partial charge on any atom is 0.231 e. The summed E-state index contributed by atoms with van der Waals surface area (Å²) >= 11 is 6.61.